The maximum absolute atomic E-state index is 10.4. The highest BCUT2D eigenvalue weighted by molar-refractivity contribution is 5.87. The van der Waals surface area contributed by atoms with Crippen molar-refractivity contribution in [1.29, 1.82) is 0 Å². The molecule has 1 heterocycles. The summed E-state index contributed by atoms with van der Waals surface area (Å²) in [5, 5.41) is 43.2. The predicted molar refractivity (Wildman–Crippen MR) is 136 cm³/mol. The van der Waals surface area contributed by atoms with Gasteiger partial charge in [0.2, 0.25) is 5.91 Å². The SMILES string of the molecule is CC(C)CCCCCCCCCCCCCCC(=O)O.O=C1CC[C@@H](C(=O)O)N1.OCC(O)CO. The Balaban J connectivity index is 0. The molecule has 1 rings (SSSR count). The number of carboxylic acids is 2. The summed E-state index contributed by atoms with van der Waals surface area (Å²) in [4.78, 5) is 30.8. The number of rotatable bonds is 18. The van der Waals surface area contributed by atoms with Gasteiger partial charge in [0.15, 0.2) is 0 Å². The Labute approximate surface area is 211 Å². The van der Waals surface area contributed by atoms with Gasteiger partial charge in [-0.1, -0.05) is 90.9 Å². The van der Waals surface area contributed by atoms with E-state index < -0.39 is 24.1 Å². The van der Waals surface area contributed by atoms with Gasteiger partial charge in [0.05, 0.1) is 13.2 Å². The van der Waals surface area contributed by atoms with E-state index in [9.17, 15) is 14.4 Å². The molecular weight excluding hydrogens is 454 g/mol. The van der Waals surface area contributed by atoms with Crippen molar-refractivity contribution >= 4 is 17.8 Å². The Morgan fingerprint density at radius 3 is 1.51 bits per heavy atom. The van der Waals surface area contributed by atoms with Gasteiger partial charge in [0.1, 0.15) is 12.1 Å². The molecule has 208 valence electrons. The van der Waals surface area contributed by atoms with E-state index in [4.69, 9.17) is 25.5 Å². The maximum Gasteiger partial charge on any atom is 0.326 e. The van der Waals surface area contributed by atoms with Crippen molar-refractivity contribution in [2.75, 3.05) is 13.2 Å². The minimum atomic E-state index is -0.954. The van der Waals surface area contributed by atoms with Crippen molar-refractivity contribution in [3.8, 4) is 0 Å². The molecule has 1 fully saturated rings. The van der Waals surface area contributed by atoms with Crippen LogP contribution in [-0.4, -0.2) is 68.7 Å². The topological polar surface area (TPSA) is 164 Å². The molecule has 0 spiro atoms. The summed E-state index contributed by atoms with van der Waals surface area (Å²) in [6, 6.07) is -0.641. The lowest BCUT2D eigenvalue weighted by Crippen LogP contribution is -2.32. The summed E-state index contributed by atoms with van der Waals surface area (Å²) >= 11 is 0. The molecule has 0 radical (unpaired) electrons. The number of amides is 1. The van der Waals surface area contributed by atoms with Crippen LogP contribution in [0.4, 0.5) is 0 Å². The lowest BCUT2D eigenvalue weighted by atomic mass is 10.0. The minimum Gasteiger partial charge on any atom is -0.481 e. The van der Waals surface area contributed by atoms with Gasteiger partial charge < -0.3 is 30.8 Å². The molecule has 0 aliphatic carbocycles. The van der Waals surface area contributed by atoms with Gasteiger partial charge in [-0.2, -0.15) is 0 Å². The highest BCUT2D eigenvalue weighted by Gasteiger charge is 2.26. The number of hydrogen-bond acceptors (Lipinski definition) is 6. The Morgan fingerprint density at radius 2 is 1.26 bits per heavy atom. The van der Waals surface area contributed by atoms with Gasteiger partial charge in [-0.25, -0.2) is 4.79 Å². The largest absolute Gasteiger partial charge is 0.481 e. The second kappa shape index (κ2) is 25.4. The Bertz CT molecular complexity index is 523. The summed E-state index contributed by atoms with van der Waals surface area (Å²) in [6.45, 7) is 3.89. The van der Waals surface area contributed by atoms with E-state index in [0.717, 1.165) is 18.8 Å². The first-order valence-electron chi connectivity index (χ1n) is 13.3. The van der Waals surface area contributed by atoms with Crippen molar-refractivity contribution in [2.24, 2.45) is 5.92 Å². The van der Waals surface area contributed by atoms with Crippen LogP contribution in [0.3, 0.4) is 0 Å². The van der Waals surface area contributed by atoms with Gasteiger partial charge in [-0.05, 0) is 18.8 Å². The molecule has 0 aromatic carbocycles. The number of hydrogen-bond donors (Lipinski definition) is 6. The fourth-order valence-electron chi connectivity index (χ4n) is 3.45. The maximum atomic E-state index is 10.4. The van der Waals surface area contributed by atoms with Crippen LogP contribution in [0.15, 0.2) is 0 Å². The zero-order valence-electron chi connectivity index (χ0n) is 21.9. The first kappa shape index (κ1) is 35.5. The first-order chi connectivity index (χ1) is 16.6. The van der Waals surface area contributed by atoms with Gasteiger partial charge >= 0.3 is 11.9 Å². The molecular formula is C26H51NO8. The molecule has 1 amide bonds. The second-order valence-corrected chi connectivity index (χ2v) is 9.58. The van der Waals surface area contributed by atoms with Crippen molar-refractivity contribution < 1.29 is 39.9 Å². The Hall–Kier alpha value is -1.71. The molecule has 0 unspecified atom stereocenters. The normalized spacial score (nSPS) is 14.7. The molecule has 35 heavy (non-hydrogen) atoms. The quantitative estimate of drug-likeness (QED) is 0.153. The van der Waals surface area contributed by atoms with Crippen LogP contribution in [0, 0.1) is 5.92 Å². The molecule has 1 saturated heterocycles. The first-order valence-corrected chi connectivity index (χ1v) is 13.3. The van der Waals surface area contributed by atoms with Crippen LogP contribution >= 0.6 is 0 Å². The third-order valence-corrected chi connectivity index (χ3v) is 5.64. The number of nitrogens with one attached hydrogen (secondary N) is 1. The summed E-state index contributed by atoms with van der Waals surface area (Å²) in [6.07, 6.45) is 17.1. The number of carbonyl (C=O) groups is 3. The molecule has 6 N–H and O–H groups in total. The van der Waals surface area contributed by atoms with Gasteiger partial charge in [-0.3, -0.25) is 9.59 Å². The van der Waals surface area contributed by atoms with E-state index in [-0.39, 0.29) is 19.1 Å². The fourth-order valence-corrected chi connectivity index (χ4v) is 3.45. The zero-order valence-corrected chi connectivity index (χ0v) is 21.9. The Morgan fingerprint density at radius 1 is 0.829 bits per heavy atom. The number of unbranched alkanes of at least 4 members (excludes halogenated alkanes) is 11. The lowest BCUT2D eigenvalue weighted by Gasteiger charge is -2.04. The van der Waals surface area contributed by atoms with Crippen LogP contribution in [0.5, 0.6) is 0 Å². The van der Waals surface area contributed by atoms with Crippen LogP contribution in [0.25, 0.3) is 0 Å². The molecule has 0 aromatic rings. The molecule has 0 aromatic heterocycles. The number of carbonyl (C=O) groups excluding carboxylic acids is 1. The van der Waals surface area contributed by atoms with Crippen molar-refractivity contribution in [3.63, 3.8) is 0 Å². The molecule has 0 bridgehead atoms. The van der Waals surface area contributed by atoms with Crippen molar-refractivity contribution in [2.45, 2.75) is 129 Å². The number of aliphatic carboxylic acids is 2. The van der Waals surface area contributed by atoms with Gasteiger partial charge in [0, 0.05) is 12.8 Å². The number of carboxylic acid groups (broad SMARTS) is 2. The average Bonchev–Trinajstić information content (AvgIpc) is 3.26. The predicted octanol–water partition coefficient (Wildman–Crippen LogP) is 3.87. The molecule has 0 saturated carbocycles. The third-order valence-electron chi connectivity index (χ3n) is 5.64. The van der Waals surface area contributed by atoms with Crippen LogP contribution < -0.4 is 5.32 Å². The van der Waals surface area contributed by atoms with E-state index in [1.165, 1.54) is 70.6 Å². The summed E-state index contributed by atoms with van der Waals surface area (Å²) < 4.78 is 0. The van der Waals surface area contributed by atoms with Crippen LogP contribution in [0.2, 0.25) is 0 Å². The number of aliphatic hydroxyl groups is 3. The third kappa shape index (κ3) is 28.4. The summed E-state index contributed by atoms with van der Waals surface area (Å²) in [7, 11) is 0. The molecule has 1 atom stereocenters. The van der Waals surface area contributed by atoms with Crippen LogP contribution in [-0.2, 0) is 14.4 Å². The standard InChI is InChI=1S/C18H36O2.C5H7NO3.C3H8O3/c1-17(2)15-13-11-9-7-5-3-4-6-8-10-12-14-16-18(19)20;7-4-2-1-3(6-4)5(8)9;4-1-3(6)2-5/h17H,3-16H2,1-2H3,(H,19,20);3H,1-2H2,(H,6,7)(H,8,9);3-6H,1-2H2/t;3-;/m.0./s1. The highest BCUT2D eigenvalue weighted by Crippen LogP contribution is 2.14. The Kier molecular flexibility index (Phi) is 25.7. The molecule has 1 aliphatic rings. The van der Waals surface area contributed by atoms with Crippen LogP contribution in [0.1, 0.15) is 117 Å². The van der Waals surface area contributed by atoms with E-state index in [1.807, 2.05) is 0 Å². The average molecular weight is 506 g/mol. The van der Waals surface area contributed by atoms with Gasteiger partial charge in [-0.15, -0.1) is 0 Å². The van der Waals surface area contributed by atoms with E-state index >= 15 is 0 Å². The summed E-state index contributed by atoms with van der Waals surface area (Å²) in [5.74, 6) is -0.896. The zero-order chi connectivity index (χ0) is 26.9. The highest BCUT2D eigenvalue weighted by atomic mass is 16.4. The molecule has 1 aliphatic heterocycles. The monoisotopic (exact) mass is 505 g/mol. The second-order valence-electron chi connectivity index (χ2n) is 9.58. The fraction of sp³-hybridized carbons (Fsp3) is 0.885. The number of aliphatic hydroxyl groups excluding tert-OH is 3. The van der Waals surface area contributed by atoms with E-state index in [0.29, 0.717) is 19.3 Å². The van der Waals surface area contributed by atoms with Crippen molar-refractivity contribution in [1.82, 2.24) is 5.32 Å². The smallest absolute Gasteiger partial charge is 0.326 e. The van der Waals surface area contributed by atoms with E-state index in [1.54, 1.807) is 0 Å². The van der Waals surface area contributed by atoms with Gasteiger partial charge in [0.25, 0.3) is 0 Å². The minimum absolute atomic E-state index is 0.164. The molecule has 9 nitrogen and oxygen atoms in total. The molecule has 9 heteroatoms. The van der Waals surface area contributed by atoms with E-state index in [2.05, 4.69) is 19.2 Å². The van der Waals surface area contributed by atoms with Crippen molar-refractivity contribution in [3.05, 3.63) is 0 Å². The lowest BCUT2D eigenvalue weighted by molar-refractivity contribution is -0.140. The summed E-state index contributed by atoms with van der Waals surface area (Å²) in [5.41, 5.74) is 0.